The number of terminal acetylenes is 1. The molecule has 2 unspecified atom stereocenters. The molecule has 0 radical (unpaired) electrons. The van der Waals surface area contributed by atoms with Crippen LogP contribution in [-0.4, -0.2) is 37.1 Å². The Kier molecular flexibility index (Phi) is 8.13. The second kappa shape index (κ2) is 9.42. The van der Waals surface area contributed by atoms with Crippen molar-refractivity contribution in [3.8, 4) is 12.3 Å². The Balaban J connectivity index is 2.16. The van der Waals surface area contributed by atoms with Gasteiger partial charge in [-0.2, -0.15) is 0 Å². The van der Waals surface area contributed by atoms with Gasteiger partial charge in [-0.3, -0.25) is 0 Å². The van der Waals surface area contributed by atoms with Gasteiger partial charge in [-0.25, -0.2) is 0 Å². The summed E-state index contributed by atoms with van der Waals surface area (Å²) < 4.78 is 0. The summed E-state index contributed by atoms with van der Waals surface area (Å²) in [6, 6.07) is 0.649. The lowest BCUT2D eigenvalue weighted by Gasteiger charge is -2.36. The molecule has 1 heterocycles. The molecule has 0 saturated carbocycles. The molecule has 0 amide bonds. The lowest BCUT2D eigenvalue weighted by molar-refractivity contribution is 0.151. The zero-order valence-corrected chi connectivity index (χ0v) is 12.3. The van der Waals surface area contributed by atoms with Crippen molar-refractivity contribution >= 4 is 0 Å². The predicted octanol–water partition coefficient (Wildman–Crippen LogP) is 2.89. The number of likely N-dealkylation sites (tertiary alicyclic amines) is 1. The Morgan fingerprint density at radius 3 is 3.00 bits per heavy atom. The average Bonchev–Trinajstić information content (AvgIpc) is 2.39. The zero-order chi connectivity index (χ0) is 13.2. The van der Waals surface area contributed by atoms with Crippen LogP contribution in [0.2, 0.25) is 0 Å². The minimum atomic E-state index is 0.649. The first-order valence-electron chi connectivity index (χ1n) is 7.67. The molecule has 0 aromatic heterocycles. The van der Waals surface area contributed by atoms with Crippen LogP contribution in [0.3, 0.4) is 0 Å². The van der Waals surface area contributed by atoms with E-state index in [2.05, 4.69) is 30.0 Å². The smallest absolute Gasteiger partial charge is 0.00865 e. The van der Waals surface area contributed by atoms with Crippen molar-refractivity contribution in [3.63, 3.8) is 0 Å². The molecule has 2 atom stereocenters. The lowest BCUT2D eigenvalue weighted by Crippen LogP contribution is -2.44. The van der Waals surface area contributed by atoms with Gasteiger partial charge in [0.25, 0.3) is 0 Å². The minimum absolute atomic E-state index is 0.649. The van der Waals surface area contributed by atoms with Crippen LogP contribution >= 0.6 is 0 Å². The van der Waals surface area contributed by atoms with E-state index in [0.717, 1.165) is 25.3 Å². The highest BCUT2D eigenvalue weighted by Gasteiger charge is 2.23. The van der Waals surface area contributed by atoms with Gasteiger partial charge in [0.15, 0.2) is 0 Å². The molecule has 0 bridgehead atoms. The summed E-state index contributed by atoms with van der Waals surface area (Å²) in [5.41, 5.74) is 0. The van der Waals surface area contributed by atoms with Crippen molar-refractivity contribution in [3.05, 3.63) is 0 Å². The molecule has 1 fully saturated rings. The predicted molar refractivity (Wildman–Crippen MR) is 79.6 cm³/mol. The topological polar surface area (TPSA) is 15.3 Å². The standard InChI is InChI=1S/C16H30N2/c1-4-6-7-8-11-17-15(3)16-10-9-13-18(14-16)12-5-2/h1,15-17H,5-14H2,2-3H3. The fourth-order valence-electron chi connectivity index (χ4n) is 2.87. The monoisotopic (exact) mass is 250 g/mol. The fraction of sp³-hybridized carbons (Fsp3) is 0.875. The summed E-state index contributed by atoms with van der Waals surface area (Å²) in [5, 5.41) is 3.68. The van der Waals surface area contributed by atoms with Crippen molar-refractivity contribution < 1.29 is 0 Å². The Morgan fingerprint density at radius 2 is 2.28 bits per heavy atom. The molecule has 2 heteroatoms. The molecule has 2 nitrogen and oxygen atoms in total. The summed E-state index contributed by atoms with van der Waals surface area (Å²) in [5.74, 6) is 3.54. The van der Waals surface area contributed by atoms with E-state index >= 15 is 0 Å². The van der Waals surface area contributed by atoms with Crippen LogP contribution in [0.4, 0.5) is 0 Å². The van der Waals surface area contributed by atoms with E-state index in [1.165, 1.54) is 45.3 Å². The quantitative estimate of drug-likeness (QED) is 0.526. The number of nitrogens with zero attached hydrogens (tertiary/aromatic N) is 1. The first-order valence-corrected chi connectivity index (χ1v) is 7.67. The molecule has 1 aliphatic heterocycles. The van der Waals surface area contributed by atoms with Crippen molar-refractivity contribution in [2.24, 2.45) is 5.92 Å². The summed E-state index contributed by atoms with van der Waals surface area (Å²) in [7, 11) is 0. The molecule has 0 aromatic carbocycles. The van der Waals surface area contributed by atoms with E-state index < -0.39 is 0 Å². The van der Waals surface area contributed by atoms with Gasteiger partial charge in [-0.15, -0.1) is 12.3 Å². The molecule has 104 valence electrons. The van der Waals surface area contributed by atoms with E-state index in [4.69, 9.17) is 6.42 Å². The molecular weight excluding hydrogens is 220 g/mol. The average molecular weight is 250 g/mol. The third kappa shape index (κ3) is 5.89. The Morgan fingerprint density at radius 1 is 1.44 bits per heavy atom. The van der Waals surface area contributed by atoms with Gasteiger partial charge in [0, 0.05) is 19.0 Å². The summed E-state index contributed by atoms with van der Waals surface area (Å²) in [4.78, 5) is 2.63. The van der Waals surface area contributed by atoms with Crippen molar-refractivity contribution in [1.29, 1.82) is 0 Å². The van der Waals surface area contributed by atoms with E-state index in [1.54, 1.807) is 0 Å². The maximum Gasteiger partial charge on any atom is 0.00865 e. The molecule has 1 rings (SSSR count). The van der Waals surface area contributed by atoms with Crippen LogP contribution < -0.4 is 5.32 Å². The number of hydrogen-bond donors (Lipinski definition) is 1. The molecule has 0 aromatic rings. The summed E-state index contributed by atoms with van der Waals surface area (Å²) in [6.45, 7) is 9.60. The van der Waals surface area contributed by atoms with Gasteiger partial charge in [0.1, 0.15) is 0 Å². The van der Waals surface area contributed by atoms with Crippen molar-refractivity contribution in [2.75, 3.05) is 26.2 Å². The van der Waals surface area contributed by atoms with Crippen LogP contribution in [0.1, 0.15) is 52.4 Å². The van der Waals surface area contributed by atoms with Gasteiger partial charge < -0.3 is 10.2 Å². The SMILES string of the molecule is C#CCCCCNC(C)C1CCCN(CCC)C1. The molecule has 1 aliphatic rings. The molecule has 0 aliphatic carbocycles. The highest BCUT2D eigenvalue weighted by molar-refractivity contribution is 4.83. The summed E-state index contributed by atoms with van der Waals surface area (Å²) in [6.07, 6.45) is 12.6. The molecule has 1 saturated heterocycles. The van der Waals surface area contributed by atoms with Gasteiger partial charge >= 0.3 is 0 Å². The molecular formula is C16H30N2. The lowest BCUT2D eigenvalue weighted by atomic mass is 9.91. The third-order valence-corrected chi connectivity index (χ3v) is 4.00. The first kappa shape index (κ1) is 15.5. The second-order valence-electron chi connectivity index (χ2n) is 5.61. The Hall–Kier alpha value is -0.520. The van der Waals surface area contributed by atoms with Gasteiger partial charge in [-0.1, -0.05) is 6.92 Å². The highest BCUT2D eigenvalue weighted by Crippen LogP contribution is 2.19. The number of rotatable bonds is 8. The first-order chi connectivity index (χ1) is 8.77. The van der Waals surface area contributed by atoms with E-state index in [9.17, 15) is 0 Å². The largest absolute Gasteiger partial charge is 0.314 e. The van der Waals surface area contributed by atoms with Gasteiger partial charge in [0.05, 0.1) is 0 Å². The van der Waals surface area contributed by atoms with Crippen LogP contribution in [0.25, 0.3) is 0 Å². The van der Waals surface area contributed by atoms with E-state index in [-0.39, 0.29) is 0 Å². The van der Waals surface area contributed by atoms with Crippen LogP contribution in [0, 0.1) is 18.3 Å². The maximum atomic E-state index is 5.26. The highest BCUT2D eigenvalue weighted by atomic mass is 15.1. The van der Waals surface area contributed by atoms with Crippen molar-refractivity contribution in [1.82, 2.24) is 10.2 Å². The third-order valence-electron chi connectivity index (χ3n) is 4.00. The number of piperidine rings is 1. The van der Waals surface area contributed by atoms with Gasteiger partial charge in [0.2, 0.25) is 0 Å². The summed E-state index contributed by atoms with van der Waals surface area (Å²) >= 11 is 0. The van der Waals surface area contributed by atoms with E-state index in [1.807, 2.05) is 0 Å². The Labute approximate surface area is 114 Å². The second-order valence-corrected chi connectivity index (χ2v) is 5.61. The molecule has 18 heavy (non-hydrogen) atoms. The maximum absolute atomic E-state index is 5.26. The molecule has 1 N–H and O–H groups in total. The number of hydrogen-bond acceptors (Lipinski definition) is 2. The number of nitrogens with one attached hydrogen (secondary N) is 1. The van der Waals surface area contributed by atoms with Gasteiger partial charge in [-0.05, 0) is 64.6 Å². The molecule has 0 spiro atoms. The zero-order valence-electron chi connectivity index (χ0n) is 12.3. The fourth-order valence-corrected chi connectivity index (χ4v) is 2.87. The van der Waals surface area contributed by atoms with Crippen LogP contribution in [0.15, 0.2) is 0 Å². The normalized spacial score (nSPS) is 22.6. The minimum Gasteiger partial charge on any atom is -0.314 e. The van der Waals surface area contributed by atoms with Crippen LogP contribution in [-0.2, 0) is 0 Å². The Bertz CT molecular complexity index is 242. The van der Waals surface area contributed by atoms with E-state index in [0.29, 0.717) is 6.04 Å². The van der Waals surface area contributed by atoms with Crippen molar-refractivity contribution in [2.45, 2.75) is 58.4 Å². The number of unbranched alkanes of at least 4 members (excludes halogenated alkanes) is 2. The van der Waals surface area contributed by atoms with Crippen LogP contribution in [0.5, 0.6) is 0 Å².